The number of nitrogens with zero attached hydrogens (tertiary/aromatic N) is 3. The molecule has 0 aliphatic heterocycles. The maximum absolute atomic E-state index is 12.1. The Balaban J connectivity index is 1.47. The molecule has 1 aromatic heterocycles. The van der Waals surface area contributed by atoms with E-state index < -0.39 is 0 Å². The molecule has 31 heavy (non-hydrogen) atoms. The highest BCUT2D eigenvalue weighted by Gasteiger charge is 2.11. The van der Waals surface area contributed by atoms with E-state index in [0.29, 0.717) is 10.8 Å². The molecular formula is C24H19ClN4O2. The number of ether oxygens (including phenoxy) is 1. The van der Waals surface area contributed by atoms with Gasteiger partial charge in [-0.2, -0.15) is 10.2 Å². The Bertz CT molecular complexity index is 1170. The van der Waals surface area contributed by atoms with E-state index in [9.17, 15) is 4.79 Å². The van der Waals surface area contributed by atoms with E-state index in [1.165, 1.54) is 0 Å². The van der Waals surface area contributed by atoms with Crippen molar-refractivity contribution in [3.8, 4) is 22.7 Å². The summed E-state index contributed by atoms with van der Waals surface area (Å²) in [4.78, 5) is 12.1. The second kappa shape index (κ2) is 9.73. The Morgan fingerprint density at radius 2 is 1.68 bits per heavy atom. The summed E-state index contributed by atoms with van der Waals surface area (Å²) in [5.74, 6) is 0.182. The predicted octanol–water partition coefficient (Wildman–Crippen LogP) is 4.72. The van der Waals surface area contributed by atoms with E-state index in [4.69, 9.17) is 21.4 Å². The number of aromatic nitrogens is 2. The van der Waals surface area contributed by atoms with Crippen LogP contribution in [-0.4, -0.2) is 28.5 Å². The highest BCUT2D eigenvalue weighted by atomic mass is 35.5. The SMILES string of the molecule is O=C(COc1ccc(Cl)cc1)N/N=C/c1cn(-c2ccccc2)nc1-c1ccccc1. The van der Waals surface area contributed by atoms with Crippen LogP contribution in [0.15, 0.2) is 96.2 Å². The molecule has 6 nitrogen and oxygen atoms in total. The number of carbonyl (C=O) groups is 1. The molecular weight excluding hydrogens is 412 g/mol. The van der Waals surface area contributed by atoms with Crippen LogP contribution in [-0.2, 0) is 4.79 Å². The summed E-state index contributed by atoms with van der Waals surface area (Å²) in [6.07, 6.45) is 3.45. The fraction of sp³-hybridized carbons (Fsp3) is 0.0417. The van der Waals surface area contributed by atoms with Gasteiger partial charge in [-0.1, -0.05) is 60.1 Å². The number of hydrazone groups is 1. The summed E-state index contributed by atoms with van der Waals surface area (Å²) in [5, 5.41) is 9.39. The standard InChI is InChI=1S/C24H19ClN4O2/c25-20-11-13-22(14-12-20)31-17-23(30)27-26-15-19-16-29(21-9-5-2-6-10-21)28-24(19)18-7-3-1-4-8-18/h1-16H,17H2,(H,27,30)/b26-15+. The Hall–Kier alpha value is -3.90. The zero-order valence-electron chi connectivity index (χ0n) is 16.5. The molecule has 4 aromatic rings. The molecule has 0 spiro atoms. The molecule has 0 saturated carbocycles. The number of benzene rings is 3. The van der Waals surface area contributed by atoms with Gasteiger partial charge in [0.25, 0.3) is 5.91 Å². The van der Waals surface area contributed by atoms with Crippen molar-refractivity contribution in [1.82, 2.24) is 15.2 Å². The largest absolute Gasteiger partial charge is 0.484 e. The molecule has 0 unspecified atom stereocenters. The van der Waals surface area contributed by atoms with E-state index in [1.807, 2.05) is 66.9 Å². The van der Waals surface area contributed by atoms with E-state index in [1.54, 1.807) is 35.2 Å². The lowest BCUT2D eigenvalue weighted by molar-refractivity contribution is -0.123. The second-order valence-electron chi connectivity index (χ2n) is 6.61. The maximum atomic E-state index is 12.1. The smallest absolute Gasteiger partial charge is 0.277 e. The van der Waals surface area contributed by atoms with Crippen LogP contribution in [0.1, 0.15) is 5.56 Å². The number of hydrogen-bond donors (Lipinski definition) is 1. The third kappa shape index (κ3) is 5.38. The summed E-state index contributed by atoms with van der Waals surface area (Å²) < 4.78 is 7.21. The fourth-order valence-corrected chi connectivity index (χ4v) is 3.03. The van der Waals surface area contributed by atoms with Crippen LogP contribution in [0.4, 0.5) is 0 Å². The Kier molecular flexibility index (Phi) is 6.40. The first kappa shape index (κ1) is 20.4. The zero-order valence-corrected chi connectivity index (χ0v) is 17.2. The van der Waals surface area contributed by atoms with Crippen LogP contribution in [0.2, 0.25) is 5.02 Å². The molecule has 1 amide bonds. The molecule has 0 bridgehead atoms. The third-order valence-electron chi connectivity index (χ3n) is 4.39. The van der Waals surface area contributed by atoms with Gasteiger partial charge in [-0.25, -0.2) is 10.1 Å². The van der Waals surface area contributed by atoms with E-state index >= 15 is 0 Å². The van der Waals surface area contributed by atoms with Crippen molar-refractivity contribution in [2.45, 2.75) is 0 Å². The van der Waals surface area contributed by atoms with Crippen molar-refractivity contribution in [3.05, 3.63) is 102 Å². The highest BCUT2D eigenvalue weighted by molar-refractivity contribution is 6.30. The van der Waals surface area contributed by atoms with Crippen molar-refractivity contribution in [1.29, 1.82) is 0 Å². The minimum atomic E-state index is -0.372. The van der Waals surface area contributed by atoms with Gasteiger partial charge < -0.3 is 4.74 Å². The first-order chi connectivity index (χ1) is 15.2. The molecule has 0 aliphatic rings. The minimum Gasteiger partial charge on any atom is -0.484 e. The molecule has 0 fully saturated rings. The molecule has 0 aliphatic carbocycles. The van der Waals surface area contributed by atoms with Gasteiger partial charge in [0.05, 0.1) is 11.9 Å². The number of carbonyl (C=O) groups excluding carboxylic acids is 1. The van der Waals surface area contributed by atoms with Crippen molar-refractivity contribution in [2.24, 2.45) is 5.10 Å². The van der Waals surface area contributed by atoms with Gasteiger partial charge in [-0.05, 0) is 36.4 Å². The van der Waals surface area contributed by atoms with Crippen molar-refractivity contribution >= 4 is 23.7 Å². The van der Waals surface area contributed by atoms with E-state index in [2.05, 4.69) is 10.5 Å². The van der Waals surface area contributed by atoms with Crippen LogP contribution in [0.25, 0.3) is 16.9 Å². The predicted molar refractivity (Wildman–Crippen MR) is 122 cm³/mol. The van der Waals surface area contributed by atoms with Gasteiger partial charge in [0.2, 0.25) is 0 Å². The lowest BCUT2D eigenvalue weighted by Crippen LogP contribution is -2.24. The molecule has 0 atom stereocenters. The number of amides is 1. The molecule has 1 N–H and O–H groups in total. The minimum absolute atomic E-state index is 0.159. The number of halogens is 1. The van der Waals surface area contributed by atoms with Gasteiger partial charge in [-0.3, -0.25) is 4.79 Å². The van der Waals surface area contributed by atoms with Gasteiger partial charge in [0, 0.05) is 22.3 Å². The lowest BCUT2D eigenvalue weighted by atomic mass is 10.1. The average Bonchev–Trinajstić information content (AvgIpc) is 3.24. The number of para-hydroxylation sites is 1. The van der Waals surface area contributed by atoms with E-state index in [0.717, 1.165) is 22.5 Å². The van der Waals surface area contributed by atoms with Crippen LogP contribution in [0, 0.1) is 0 Å². The quantitative estimate of drug-likeness (QED) is 0.340. The Labute approximate surface area is 184 Å². The molecule has 0 radical (unpaired) electrons. The first-order valence-electron chi connectivity index (χ1n) is 9.60. The molecule has 0 saturated heterocycles. The molecule has 7 heteroatoms. The van der Waals surface area contributed by atoms with Crippen LogP contribution >= 0.6 is 11.6 Å². The molecule has 154 valence electrons. The fourth-order valence-electron chi connectivity index (χ4n) is 2.90. The van der Waals surface area contributed by atoms with Crippen molar-refractivity contribution in [3.63, 3.8) is 0 Å². The lowest BCUT2D eigenvalue weighted by Gasteiger charge is -2.04. The van der Waals surface area contributed by atoms with E-state index in [-0.39, 0.29) is 12.5 Å². The van der Waals surface area contributed by atoms with Crippen molar-refractivity contribution < 1.29 is 9.53 Å². The van der Waals surface area contributed by atoms with Crippen LogP contribution < -0.4 is 10.2 Å². The summed E-state index contributed by atoms with van der Waals surface area (Å²) in [6.45, 7) is -0.159. The normalized spacial score (nSPS) is 10.9. The highest BCUT2D eigenvalue weighted by Crippen LogP contribution is 2.22. The van der Waals surface area contributed by atoms with Gasteiger partial charge in [0.1, 0.15) is 11.4 Å². The van der Waals surface area contributed by atoms with Gasteiger partial charge in [-0.15, -0.1) is 0 Å². The van der Waals surface area contributed by atoms with Gasteiger partial charge >= 0.3 is 0 Å². The Morgan fingerprint density at radius 1 is 1.00 bits per heavy atom. The van der Waals surface area contributed by atoms with Crippen LogP contribution in [0.5, 0.6) is 5.75 Å². The third-order valence-corrected chi connectivity index (χ3v) is 4.64. The molecule has 3 aromatic carbocycles. The summed E-state index contributed by atoms with van der Waals surface area (Å²) in [7, 11) is 0. The first-order valence-corrected chi connectivity index (χ1v) is 9.97. The monoisotopic (exact) mass is 430 g/mol. The number of hydrogen-bond acceptors (Lipinski definition) is 4. The number of nitrogens with one attached hydrogen (secondary N) is 1. The molecule has 4 rings (SSSR count). The maximum Gasteiger partial charge on any atom is 0.277 e. The zero-order chi connectivity index (χ0) is 21.5. The summed E-state index contributed by atoms with van der Waals surface area (Å²) in [6, 6.07) is 26.4. The second-order valence-corrected chi connectivity index (χ2v) is 7.05. The summed E-state index contributed by atoms with van der Waals surface area (Å²) >= 11 is 5.84. The summed E-state index contributed by atoms with van der Waals surface area (Å²) in [5.41, 5.74) is 5.90. The number of rotatable bonds is 7. The van der Waals surface area contributed by atoms with Crippen LogP contribution in [0.3, 0.4) is 0 Å². The topological polar surface area (TPSA) is 68.5 Å². The van der Waals surface area contributed by atoms with Crippen molar-refractivity contribution in [2.75, 3.05) is 6.61 Å². The molecule has 1 heterocycles. The van der Waals surface area contributed by atoms with Gasteiger partial charge in [0.15, 0.2) is 6.61 Å². The Morgan fingerprint density at radius 3 is 2.39 bits per heavy atom. The average molecular weight is 431 g/mol.